The number of nitrogens with one attached hydrogen (secondary N) is 1. The van der Waals surface area contributed by atoms with Crippen LogP contribution in [0.25, 0.3) is 0 Å². The van der Waals surface area contributed by atoms with Crippen LogP contribution in [0.4, 0.5) is 5.82 Å². The molecular formula is C14H19N3OS. The van der Waals surface area contributed by atoms with E-state index in [4.69, 9.17) is 4.42 Å². The Hall–Kier alpha value is -1.49. The van der Waals surface area contributed by atoms with Gasteiger partial charge in [-0.05, 0) is 18.6 Å². The van der Waals surface area contributed by atoms with E-state index in [9.17, 15) is 0 Å². The summed E-state index contributed by atoms with van der Waals surface area (Å²) in [6.45, 7) is 5.14. The molecule has 2 rings (SSSR count). The average molecular weight is 277 g/mol. The smallest absolute Gasteiger partial charge is 0.131 e. The maximum atomic E-state index is 5.33. The molecule has 0 saturated heterocycles. The number of hydrogen-bond donors (Lipinski definition) is 1. The monoisotopic (exact) mass is 277 g/mol. The van der Waals surface area contributed by atoms with Crippen LogP contribution in [-0.4, -0.2) is 16.5 Å². The number of thioether (sulfide) groups is 1. The summed E-state index contributed by atoms with van der Waals surface area (Å²) in [5, 5.41) is 4.30. The Morgan fingerprint density at radius 1 is 1.32 bits per heavy atom. The van der Waals surface area contributed by atoms with E-state index < -0.39 is 0 Å². The number of anilines is 1. The van der Waals surface area contributed by atoms with Gasteiger partial charge in [-0.3, -0.25) is 0 Å². The Morgan fingerprint density at radius 2 is 2.21 bits per heavy atom. The van der Waals surface area contributed by atoms with Crippen molar-refractivity contribution in [3.8, 4) is 0 Å². The first kappa shape index (κ1) is 13.9. The number of nitrogens with zero attached hydrogens (tertiary/aromatic N) is 2. The highest BCUT2D eigenvalue weighted by Gasteiger charge is 2.05. The third kappa shape index (κ3) is 4.28. The summed E-state index contributed by atoms with van der Waals surface area (Å²) in [4.78, 5) is 9.01. The molecule has 5 heteroatoms. The van der Waals surface area contributed by atoms with Gasteiger partial charge in [0.05, 0.1) is 12.0 Å². The summed E-state index contributed by atoms with van der Waals surface area (Å²) in [6.07, 6.45) is 3.62. The van der Waals surface area contributed by atoms with Crippen molar-refractivity contribution in [3.63, 3.8) is 0 Å². The van der Waals surface area contributed by atoms with Gasteiger partial charge >= 0.3 is 0 Å². The zero-order chi connectivity index (χ0) is 13.5. The standard InChI is InChI=1S/C14H19N3OS/c1-3-7-15-13-9-14(17-12(4-2)16-13)19-10-11-6-5-8-18-11/h5-6,8-9H,3-4,7,10H2,1-2H3,(H,15,16,17). The Bertz CT molecular complexity index is 499. The number of aromatic nitrogens is 2. The van der Waals surface area contributed by atoms with Crippen LogP contribution in [0, 0.1) is 0 Å². The van der Waals surface area contributed by atoms with Crippen LogP contribution in [0.3, 0.4) is 0 Å². The molecule has 0 aliphatic heterocycles. The fraction of sp³-hybridized carbons (Fsp3) is 0.429. The molecule has 2 aromatic rings. The van der Waals surface area contributed by atoms with Gasteiger partial charge in [0.15, 0.2) is 0 Å². The molecule has 0 spiro atoms. The van der Waals surface area contributed by atoms with Gasteiger partial charge in [0.25, 0.3) is 0 Å². The summed E-state index contributed by atoms with van der Waals surface area (Å²) < 4.78 is 5.33. The topological polar surface area (TPSA) is 51.0 Å². The quantitative estimate of drug-likeness (QED) is 0.617. The van der Waals surface area contributed by atoms with E-state index in [0.717, 1.165) is 47.6 Å². The van der Waals surface area contributed by atoms with Crippen molar-refractivity contribution in [1.29, 1.82) is 0 Å². The first-order valence-electron chi connectivity index (χ1n) is 6.58. The molecule has 1 N–H and O–H groups in total. The molecule has 0 unspecified atom stereocenters. The Kier molecular flexibility index (Phi) is 5.27. The summed E-state index contributed by atoms with van der Waals surface area (Å²) in [5.74, 6) is 3.55. The van der Waals surface area contributed by atoms with E-state index in [-0.39, 0.29) is 0 Å². The lowest BCUT2D eigenvalue weighted by Crippen LogP contribution is -2.05. The van der Waals surface area contributed by atoms with Crippen LogP contribution >= 0.6 is 11.8 Å². The zero-order valence-corrected chi connectivity index (χ0v) is 12.2. The fourth-order valence-electron chi connectivity index (χ4n) is 1.59. The van der Waals surface area contributed by atoms with E-state index in [1.54, 1.807) is 18.0 Å². The van der Waals surface area contributed by atoms with Crippen LogP contribution < -0.4 is 5.32 Å². The molecule has 4 nitrogen and oxygen atoms in total. The van der Waals surface area contributed by atoms with Crippen molar-refractivity contribution in [3.05, 3.63) is 36.0 Å². The molecule has 0 aliphatic carbocycles. The van der Waals surface area contributed by atoms with Crippen LogP contribution in [0.15, 0.2) is 33.9 Å². The third-order valence-corrected chi connectivity index (χ3v) is 3.50. The molecule has 0 aliphatic rings. The summed E-state index contributed by atoms with van der Waals surface area (Å²) >= 11 is 1.67. The number of furan rings is 1. The molecule has 2 heterocycles. The van der Waals surface area contributed by atoms with Crippen molar-refractivity contribution in [2.24, 2.45) is 0 Å². The maximum absolute atomic E-state index is 5.33. The molecule has 0 saturated carbocycles. The lowest BCUT2D eigenvalue weighted by atomic mass is 10.4. The SMILES string of the molecule is CCCNc1cc(SCc2ccco2)nc(CC)n1. The Balaban J connectivity index is 2.05. The first-order chi connectivity index (χ1) is 9.31. The molecule has 2 aromatic heterocycles. The van der Waals surface area contributed by atoms with E-state index in [2.05, 4.69) is 29.1 Å². The van der Waals surface area contributed by atoms with Gasteiger partial charge in [0.2, 0.25) is 0 Å². The second kappa shape index (κ2) is 7.19. The molecule has 0 amide bonds. The molecule has 0 aromatic carbocycles. The summed E-state index contributed by atoms with van der Waals surface area (Å²) in [7, 11) is 0. The third-order valence-electron chi connectivity index (χ3n) is 2.56. The van der Waals surface area contributed by atoms with Crippen molar-refractivity contribution in [2.45, 2.75) is 37.5 Å². The van der Waals surface area contributed by atoms with Gasteiger partial charge in [-0.15, -0.1) is 0 Å². The molecule has 102 valence electrons. The Labute approximate surface area is 118 Å². The molecule has 0 atom stereocenters. The van der Waals surface area contributed by atoms with Gasteiger partial charge in [0.1, 0.15) is 22.4 Å². The second-order valence-corrected chi connectivity index (χ2v) is 5.15. The van der Waals surface area contributed by atoms with Crippen LogP contribution in [0.2, 0.25) is 0 Å². The summed E-state index contributed by atoms with van der Waals surface area (Å²) in [5.41, 5.74) is 0. The second-order valence-electron chi connectivity index (χ2n) is 4.16. The van der Waals surface area contributed by atoms with Gasteiger partial charge in [-0.1, -0.05) is 25.6 Å². The zero-order valence-electron chi connectivity index (χ0n) is 11.3. The van der Waals surface area contributed by atoms with Crippen LogP contribution in [0.1, 0.15) is 31.9 Å². The minimum atomic E-state index is 0.792. The number of hydrogen-bond acceptors (Lipinski definition) is 5. The normalized spacial score (nSPS) is 10.6. The lowest BCUT2D eigenvalue weighted by Gasteiger charge is -2.08. The molecule has 19 heavy (non-hydrogen) atoms. The lowest BCUT2D eigenvalue weighted by molar-refractivity contribution is 0.530. The largest absolute Gasteiger partial charge is 0.468 e. The van der Waals surface area contributed by atoms with Crippen LogP contribution in [0.5, 0.6) is 0 Å². The minimum Gasteiger partial charge on any atom is -0.468 e. The van der Waals surface area contributed by atoms with E-state index in [1.807, 2.05) is 18.2 Å². The van der Waals surface area contributed by atoms with E-state index in [0.29, 0.717) is 0 Å². The first-order valence-corrected chi connectivity index (χ1v) is 7.57. The van der Waals surface area contributed by atoms with Crippen molar-refractivity contribution in [1.82, 2.24) is 9.97 Å². The molecular weight excluding hydrogens is 258 g/mol. The number of rotatable bonds is 7. The predicted molar refractivity (Wildman–Crippen MR) is 78.5 cm³/mol. The predicted octanol–water partition coefficient (Wildman–Crippen LogP) is 3.75. The van der Waals surface area contributed by atoms with Crippen molar-refractivity contribution in [2.75, 3.05) is 11.9 Å². The molecule has 0 bridgehead atoms. The van der Waals surface area contributed by atoms with Crippen molar-refractivity contribution < 1.29 is 4.42 Å². The molecule has 0 fully saturated rings. The van der Waals surface area contributed by atoms with Gasteiger partial charge in [0, 0.05) is 19.0 Å². The van der Waals surface area contributed by atoms with Gasteiger partial charge in [-0.2, -0.15) is 0 Å². The van der Waals surface area contributed by atoms with Gasteiger partial charge < -0.3 is 9.73 Å². The highest BCUT2D eigenvalue weighted by atomic mass is 32.2. The highest BCUT2D eigenvalue weighted by Crippen LogP contribution is 2.23. The van der Waals surface area contributed by atoms with Crippen LogP contribution in [-0.2, 0) is 12.2 Å². The fourth-order valence-corrected chi connectivity index (χ4v) is 2.41. The number of aryl methyl sites for hydroxylation is 1. The average Bonchev–Trinajstić information content (AvgIpc) is 2.96. The highest BCUT2D eigenvalue weighted by molar-refractivity contribution is 7.98. The van der Waals surface area contributed by atoms with Gasteiger partial charge in [-0.25, -0.2) is 9.97 Å². The maximum Gasteiger partial charge on any atom is 0.131 e. The van der Waals surface area contributed by atoms with Crippen molar-refractivity contribution >= 4 is 17.6 Å². The minimum absolute atomic E-state index is 0.792. The van der Waals surface area contributed by atoms with E-state index in [1.165, 1.54) is 0 Å². The molecule has 0 radical (unpaired) electrons. The summed E-state index contributed by atoms with van der Waals surface area (Å²) in [6, 6.07) is 5.88. The Morgan fingerprint density at radius 3 is 2.89 bits per heavy atom. The van der Waals surface area contributed by atoms with E-state index >= 15 is 0 Å².